The van der Waals surface area contributed by atoms with Crippen LogP contribution in [0.15, 0.2) is 15.9 Å². The molecule has 2 heterocycles. The molecular weight excluding hydrogens is 316 g/mol. The molecule has 1 N–H and O–H groups in total. The normalized spacial score (nSPS) is 10.8. The van der Waals surface area contributed by atoms with Crippen LogP contribution < -0.4 is 0 Å². The van der Waals surface area contributed by atoms with Crippen LogP contribution in [0.2, 0.25) is 0 Å². The number of hydrogen-bond acceptors (Lipinski definition) is 3. The van der Waals surface area contributed by atoms with Crippen LogP contribution in [0.25, 0.3) is 10.6 Å². The van der Waals surface area contributed by atoms with Crippen LogP contribution in [-0.4, -0.2) is 20.9 Å². The van der Waals surface area contributed by atoms with Gasteiger partial charge in [0.25, 0.3) is 0 Å². The van der Waals surface area contributed by atoms with Crippen LogP contribution in [0.1, 0.15) is 17.7 Å². The van der Waals surface area contributed by atoms with Crippen LogP contribution in [0.5, 0.6) is 0 Å². The number of aliphatic carboxylic acids is 1. The molecule has 0 aliphatic rings. The third-order valence-corrected chi connectivity index (χ3v) is 4.50. The van der Waals surface area contributed by atoms with Gasteiger partial charge in [0.05, 0.1) is 11.3 Å². The van der Waals surface area contributed by atoms with Gasteiger partial charge in [0.2, 0.25) is 0 Å². The summed E-state index contributed by atoms with van der Waals surface area (Å²) in [6.45, 7) is 1.99. The quantitative estimate of drug-likeness (QED) is 0.937. The van der Waals surface area contributed by atoms with Crippen LogP contribution in [0, 0.1) is 6.92 Å². The van der Waals surface area contributed by atoms with E-state index in [4.69, 9.17) is 5.11 Å². The zero-order valence-corrected chi connectivity index (χ0v) is 12.5. The molecular formula is C12H13BrN2O2S. The fourth-order valence-electron chi connectivity index (χ4n) is 1.91. The summed E-state index contributed by atoms with van der Waals surface area (Å²) in [7, 11) is 1.86. The number of hydrogen-bond donors (Lipinski definition) is 1. The maximum absolute atomic E-state index is 10.6. The molecule has 0 atom stereocenters. The van der Waals surface area contributed by atoms with Gasteiger partial charge in [-0.1, -0.05) is 0 Å². The highest BCUT2D eigenvalue weighted by Gasteiger charge is 2.15. The van der Waals surface area contributed by atoms with Gasteiger partial charge in [0, 0.05) is 29.0 Å². The smallest absolute Gasteiger partial charge is 0.303 e. The maximum atomic E-state index is 10.6. The third kappa shape index (κ3) is 2.64. The summed E-state index contributed by atoms with van der Waals surface area (Å²) in [5.74, 6) is -0.781. The molecule has 0 saturated heterocycles. The first kappa shape index (κ1) is 13.3. The van der Waals surface area contributed by atoms with Crippen LogP contribution in [-0.2, 0) is 18.3 Å². The largest absolute Gasteiger partial charge is 0.481 e. The van der Waals surface area contributed by atoms with E-state index in [2.05, 4.69) is 21.0 Å². The lowest BCUT2D eigenvalue weighted by atomic mass is 10.1. The molecule has 6 heteroatoms. The molecule has 0 bridgehead atoms. The van der Waals surface area contributed by atoms with E-state index in [-0.39, 0.29) is 6.42 Å². The van der Waals surface area contributed by atoms with E-state index in [0.29, 0.717) is 6.42 Å². The van der Waals surface area contributed by atoms with Gasteiger partial charge in [-0.05, 0) is 34.5 Å². The number of aromatic nitrogens is 2. The molecule has 18 heavy (non-hydrogen) atoms. The number of carbonyl (C=O) groups is 1. The third-order valence-electron chi connectivity index (χ3n) is 2.81. The fourth-order valence-corrected chi connectivity index (χ4v) is 3.38. The number of aryl methyl sites for hydroxylation is 1. The molecule has 2 aromatic heterocycles. The van der Waals surface area contributed by atoms with Crippen molar-refractivity contribution in [3.63, 3.8) is 0 Å². The second-order valence-electron chi connectivity index (χ2n) is 4.07. The van der Waals surface area contributed by atoms with Gasteiger partial charge in [-0.3, -0.25) is 9.48 Å². The molecule has 0 aromatic carbocycles. The summed E-state index contributed by atoms with van der Waals surface area (Å²) in [6, 6.07) is 2.03. The Hall–Kier alpha value is -1.14. The lowest BCUT2D eigenvalue weighted by Crippen LogP contribution is -2.03. The number of carboxylic acids is 1. The molecule has 2 rings (SSSR count). The van der Waals surface area contributed by atoms with Gasteiger partial charge in [0.1, 0.15) is 5.69 Å². The van der Waals surface area contributed by atoms with E-state index in [1.165, 1.54) is 0 Å². The second-order valence-corrected chi connectivity index (χ2v) is 5.89. The van der Waals surface area contributed by atoms with Crippen molar-refractivity contribution in [2.75, 3.05) is 0 Å². The summed E-state index contributed by atoms with van der Waals surface area (Å²) < 4.78 is 2.82. The summed E-state index contributed by atoms with van der Waals surface area (Å²) >= 11 is 5.05. The molecule has 2 aromatic rings. The zero-order chi connectivity index (χ0) is 13.3. The topological polar surface area (TPSA) is 55.1 Å². The number of halogens is 1. The Morgan fingerprint density at radius 3 is 2.89 bits per heavy atom. The first-order valence-corrected chi connectivity index (χ1v) is 7.15. The highest BCUT2D eigenvalue weighted by molar-refractivity contribution is 9.10. The average Bonchev–Trinajstić information content (AvgIpc) is 2.82. The van der Waals surface area contributed by atoms with Gasteiger partial charge in [-0.2, -0.15) is 5.10 Å². The van der Waals surface area contributed by atoms with E-state index < -0.39 is 5.97 Å². The summed E-state index contributed by atoms with van der Waals surface area (Å²) in [6.07, 6.45) is 0.644. The SMILES string of the molecule is Cc1c(-c2cc(Br)cs2)nn(C)c1CCC(=O)O. The van der Waals surface area contributed by atoms with Crippen molar-refractivity contribution >= 4 is 33.2 Å². The fraction of sp³-hybridized carbons (Fsp3) is 0.333. The van der Waals surface area contributed by atoms with E-state index >= 15 is 0 Å². The van der Waals surface area contributed by atoms with Gasteiger partial charge < -0.3 is 5.11 Å². The van der Waals surface area contributed by atoms with Gasteiger partial charge in [-0.25, -0.2) is 0 Å². The summed E-state index contributed by atoms with van der Waals surface area (Å²) in [5, 5.41) is 15.2. The molecule has 0 aliphatic carbocycles. The van der Waals surface area contributed by atoms with E-state index in [9.17, 15) is 4.79 Å². The molecule has 96 valence electrons. The average molecular weight is 329 g/mol. The van der Waals surface area contributed by atoms with Crippen molar-refractivity contribution < 1.29 is 9.90 Å². The molecule has 0 saturated carbocycles. The number of thiophene rings is 1. The predicted octanol–water partition coefficient (Wildman–Crippen LogP) is 3.24. The Morgan fingerprint density at radius 2 is 2.33 bits per heavy atom. The van der Waals surface area contributed by atoms with Crippen LogP contribution in [0.4, 0.5) is 0 Å². The monoisotopic (exact) mass is 328 g/mol. The van der Waals surface area contributed by atoms with Gasteiger partial charge in [-0.15, -0.1) is 11.3 Å². The summed E-state index contributed by atoms with van der Waals surface area (Å²) in [5.41, 5.74) is 2.98. The molecule has 0 radical (unpaired) electrons. The molecule has 4 nitrogen and oxygen atoms in total. The zero-order valence-electron chi connectivity index (χ0n) is 10.1. The first-order chi connectivity index (χ1) is 8.49. The second kappa shape index (κ2) is 5.24. The Kier molecular flexibility index (Phi) is 3.87. The Morgan fingerprint density at radius 1 is 1.61 bits per heavy atom. The Labute approximate surface area is 117 Å². The van der Waals surface area contributed by atoms with Crippen molar-refractivity contribution in [1.82, 2.24) is 9.78 Å². The molecule has 0 spiro atoms. The minimum atomic E-state index is -0.781. The van der Waals surface area contributed by atoms with Crippen molar-refractivity contribution in [2.45, 2.75) is 19.8 Å². The minimum Gasteiger partial charge on any atom is -0.481 e. The Balaban J connectivity index is 2.34. The lowest BCUT2D eigenvalue weighted by molar-refractivity contribution is -0.136. The van der Waals surface area contributed by atoms with Crippen molar-refractivity contribution in [3.8, 4) is 10.6 Å². The van der Waals surface area contributed by atoms with E-state index in [1.807, 2.05) is 25.4 Å². The molecule has 0 unspecified atom stereocenters. The van der Waals surface area contributed by atoms with E-state index in [1.54, 1.807) is 16.0 Å². The minimum absolute atomic E-state index is 0.133. The summed E-state index contributed by atoms with van der Waals surface area (Å²) in [4.78, 5) is 11.7. The predicted molar refractivity (Wildman–Crippen MR) is 74.9 cm³/mol. The molecule has 0 aliphatic heterocycles. The maximum Gasteiger partial charge on any atom is 0.303 e. The first-order valence-electron chi connectivity index (χ1n) is 5.47. The van der Waals surface area contributed by atoms with Crippen LogP contribution >= 0.6 is 27.3 Å². The number of carboxylic acid groups (broad SMARTS) is 1. The van der Waals surface area contributed by atoms with Gasteiger partial charge in [0.15, 0.2) is 0 Å². The number of nitrogens with zero attached hydrogens (tertiary/aromatic N) is 2. The standard InChI is InChI=1S/C12H13BrN2O2S/c1-7-9(3-4-11(16)17)15(2)14-12(7)10-5-8(13)6-18-10/h5-6H,3-4H2,1-2H3,(H,16,17). The van der Waals surface area contributed by atoms with E-state index in [0.717, 1.165) is 26.3 Å². The van der Waals surface area contributed by atoms with Crippen molar-refractivity contribution in [2.24, 2.45) is 7.05 Å². The van der Waals surface area contributed by atoms with Gasteiger partial charge >= 0.3 is 5.97 Å². The highest BCUT2D eigenvalue weighted by Crippen LogP contribution is 2.32. The van der Waals surface area contributed by atoms with Crippen molar-refractivity contribution in [3.05, 3.63) is 27.2 Å². The molecule has 0 amide bonds. The highest BCUT2D eigenvalue weighted by atomic mass is 79.9. The van der Waals surface area contributed by atoms with Crippen LogP contribution in [0.3, 0.4) is 0 Å². The molecule has 0 fully saturated rings. The lowest BCUT2D eigenvalue weighted by Gasteiger charge is -2.00. The Bertz CT molecular complexity index is 589. The number of rotatable bonds is 4. The van der Waals surface area contributed by atoms with Crippen molar-refractivity contribution in [1.29, 1.82) is 0 Å².